The van der Waals surface area contributed by atoms with E-state index >= 15 is 0 Å². The Kier molecular flexibility index (Phi) is 3.86. The first kappa shape index (κ1) is 12.2. The van der Waals surface area contributed by atoms with Gasteiger partial charge in [0, 0.05) is 22.2 Å². The molecule has 1 aromatic carbocycles. The molecule has 0 fully saturated rings. The molecule has 0 unspecified atom stereocenters. The van der Waals surface area contributed by atoms with Gasteiger partial charge in [-0.05, 0) is 25.6 Å². The van der Waals surface area contributed by atoms with Crippen molar-refractivity contribution in [3.63, 3.8) is 0 Å². The summed E-state index contributed by atoms with van der Waals surface area (Å²) in [5.41, 5.74) is 8.53. The molecule has 0 aliphatic heterocycles. The van der Waals surface area contributed by atoms with E-state index in [9.17, 15) is 0 Å². The van der Waals surface area contributed by atoms with Crippen LogP contribution < -0.4 is 5.73 Å². The maximum absolute atomic E-state index is 5.54. The Morgan fingerprint density at radius 1 is 1.24 bits per heavy atom. The molecule has 3 nitrogen and oxygen atoms in total. The molecule has 0 spiro atoms. The third-order valence-electron chi connectivity index (χ3n) is 2.42. The van der Waals surface area contributed by atoms with Gasteiger partial charge in [0.1, 0.15) is 5.82 Å². The van der Waals surface area contributed by atoms with Crippen molar-refractivity contribution in [3.8, 4) is 11.3 Å². The summed E-state index contributed by atoms with van der Waals surface area (Å²) in [6.07, 6.45) is 0.707. The lowest BCUT2D eigenvalue weighted by molar-refractivity contribution is 0.858. The van der Waals surface area contributed by atoms with Crippen molar-refractivity contribution in [3.05, 3.63) is 46.3 Å². The molecule has 1 heterocycles. The second-order valence-electron chi connectivity index (χ2n) is 3.83. The summed E-state index contributed by atoms with van der Waals surface area (Å²) in [4.78, 5) is 8.91. The van der Waals surface area contributed by atoms with Crippen LogP contribution in [-0.4, -0.2) is 16.5 Å². The largest absolute Gasteiger partial charge is 0.330 e. The number of halogens is 1. The minimum Gasteiger partial charge on any atom is -0.330 e. The molecular weight excluding hydrogens is 278 g/mol. The number of benzene rings is 1. The van der Waals surface area contributed by atoms with E-state index in [1.54, 1.807) is 0 Å². The minimum absolute atomic E-state index is 0.568. The van der Waals surface area contributed by atoms with Crippen molar-refractivity contribution < 1.29 is 0 Å². The molecule has 0 radical (unpaired) electrons. The van der Waals surface area contributed by atoms with Gasteiger partial charge < -0.3 is 5.73 Å². The molecule has 0 atom stereocenters. The number of hydrogen-bond acceptors (Lipinski definition) is 3. The van der Waals surface area contributed by atoms with Crippen molar-refractivity contribution in [2.24, 2.45) is 5.73 Å². The quantitative estimate of drug-likeness (QED) is 0.946. The highest BCUT2D eigenvalue weighted by Gasteiger charge is 2.06. The van der Waals surface area contributed by atoms with E-state index in [0.717, 1.165) is 27.2 Å². The van der Waals surface area contributed by atoms with Gasteiger partial charge in [0.05, 0.1) is 5.69 Å². The van der Waals surface area contributed by atoms with Crippen LogP contribution in [0.1, 0.15) is 11.5 Å². The molecule has 1 aromatic heterocycles. The smallest absolute Gasteiger partial charge is 0.130 e. The molecular formula is C13H14BrN3. The van der Waals surface area contributed by atoms with Crippen LogP contribution in [0.15, 0.2) is 34.8 Å². The lowest BCUT2D eigenvalue weighted by atomic mass is 10.1. The third kappa shape index (κ3) is 2.90. The topological polar surface area (TPSA) is 51.8 Å². The van der Waals surface area contributed by atoms with Crippen molar-refractivity contribution in [2.75, 3.05) is 6.54 Å². The summed E-state index contributed by atoms with van der Waals surface area (Å²) in [6, 6.07) is 10.0. The Bertz CT molecular complexity index is 526. The highest BCUT2D eigenvalue weighted by Crippen LogP contribution is 2.26. The van der Waals surface area contributed by atoms with Crippen LogP contribution in [0.3, 0.4) is 0 Å². The number of nitrogens with two attached hydrogens (primary N) is 1. The van der Waals surface area contributed by atoms with Crippen LogP contribution in [0.5, 0.6) is 0 Å². The van der Waals surface area contributed by atoms with Crippen LogP contribution in [0.4, 0.5) is 0 Å². The van der Waals surface area contributed by atoms with Crippen molar-refractivity contribution >= 4 is 15.9 Å². The SMILES string of the molecule is Cc1cc(-c2ccccc2Br)nc(CCN)n1. The second-order valence-corrected chi connectivity index (χ2v) is 4.68. The average Bonchev–Trinajstić information content (AvgIpc) is 2.29. The highest BCUT2D eigenvalue weighted by molar-refractivity contribution is 9.10. The van der Waals surface area contributed by atoms with Crippen molar-refractivity contribution in [1.29, 1.82) is 0 Å². The van der Waals surface area contributed by atoms with E-state index < -0.39 is 0 Å². The van der Waals surface area contributed by atoms with Gasteiger partial charge in [-0.25, -0.2) is 9.97 Å². The molecule has 2 rings (SSSR count). The highest BCUT2D eigenvalue weighted by atomic mass is 79.9. The first-order valence-electron chi connectivity index (χ1n) is 5.50. The molecule has 0 amide bonds. The Balaban J connectivity index is 2.48. The molecule has 0 saturated carbocycles. The summed E-state index contributed by atoms with van der Waals surface area (Å²) in [7, 11) is 0. The molecule has 0 bridgehead atoms. The molecule has 0 saturated heterocycles. The zero-order chi connectivity index (χ0) is 12.3. The fourth-order valence-electron chi connectivity index (χ4n) is 1.68. The average molecular weight is 292 g/mol. The Labute approximate surface area is 109 Å². The van der Waals surface area contributed by atoms with E-state index in [1.807, 2.05) is 37.3 Å². The van der Waals surface area contributed by atoms with Crippen LogP contribution >= 0.6 is 15.9 Å². The van der Waals surface area contributed by atoms with E-state index in [-0.39, 0.29) is 0 Å². The Hall–Kier alpha value is -1.26. The van der Waals surface area contributed by atoms with Crippen LogP contribution in [0.25, 0.3) is 11.3 Å². The first-order valence-corrected chi connectivity index (χ1v) is 6.29. The predicted molar refractivity (Wildman–Crippen MR) is 72.7 cm³/mol. The number of hydrogen-bond donors (Lipinski definition) is 1. The number of nitrogens with zero attached hydrogens (tertiary/aromatic N) is 2. The standard InChI is InChI=1S/C13H14BrN3/c1-9-8-12(17-13(16-9)6-7-15)10-4-2-3-5-11(10)14/h2-5,8H,6-7,15H2,1H3. The minimum atomic E-state index is 0.568. The van der Waals surface area contributed by atoms with Crippen LogP contribution in [-0.2, 0) is 6.42 Å². The molecule has 4 heteroatoms. The monoisotopic (exact) mass is 291 g/mol. The van der Waals surface area contributed by atoms with E-state index in [2.05, 4.69) is 25.9 Å². The zero-order valence-electron chi connectivity index (χ0n) is 9.65. The second kappa shape index (κ2) is 5.38. The summed E-state index contributed by atoms with van der Waals surface area (Å²) >= 11 is 3.54. The molecule has 2 aromatic rings. The lowest BCUT2D eigenvalue weighted by Crippen LogP contribution is -2.07. The summed E-state index contributed by atoms with van der Waals surface area (Å²) < 4.78 is 1.04. The normalized spacial score (nSPS) is 10.5. The van der Waals surface area contributed by atoms with Gasteiger partial charge in [-0.2, -0.15) is 0 Å². The maximum atomic E-state index is 5.54. The zero-order valence-corrected chi connectivity index (χ0v) is 11.2. The molecule has 0 aliphatic carbocycles. The van der Waals surface area contributed by atoms with Crippen molar-refractivity contribution in [1.82, 2.24) is 9.97 Å². The lowest BCUT2D eigenvalue weighted by Gasteiger charge is -2.07. The molecule has 2 N–H and O–H groups in total. The fourth-order valence-corrected chi connectivity index (χ4v) is 2.17. The number of aryl methyl sites for hydroxylation is 1. The third-order valence-corrected chi connectivity index (χ3v) is 3.11. The van der Waals surface area contributed by atoms with Crippen LogP contribution in [0, 0.1) is 6.92 Å². The number of aromatic nitrogens is 2. The Morgan fingerprint density at radius 3 is 2.71 bits per heavy atom. The molecule has 88 valence electrons. The number of rotatable bonds is 3. The van der Waals surface area contributed by atoms with Crippen LogP contribution in [0.2, 0.25) is 0 Å². The van der Waals surface area contributed by atoms with E-state index in [1.165, 1.54) is 0 Å². The van der Waals surface area contributed by atoms with E-state index in [0.29, 0.717) is 13.0 Å². The molecule has 17 heavy (non-hydrogen) atoms. The Morgan fingerprint density at radius 2 is 2.00 bits per heavy atom. The maximum Gasteiger partial charge on any atom is 0.130 e. The van der Waals surface area contributed by atoms with Gasteiger partial charge in [0.15, 0.2) is 0 Å². The summed E-state index contributed by atoms with van der Waals surface area (Å²) in [6.45, 7) is 2.54. The fraction of sp³-hybridized carbons (Fsp3) is 0.231. The predicted octanol–water partition coefficient (Wildman–Crippen LogP) is 2.72. The summed E-state index contributed by atoms with van der Waals surface area (Å²) in [5, 5.41) is 0. The van der Waals surface area contributed by atoms with Gasteiger partial charge in [0.2, 0.25) is 0 Å². The van der Waals surface area contributed by atoms with Gasteiger partial charge in [0.25, 0.3) is 0 Å². The van der Waals surface area contributed by atoms with Gasteiger partial charge in [-0.3, -0.25) is 0 Å². The van der Waals surface area contributed by atoms with E-state index in [4.69, 9.17) is 5.73 Å². The summed E-state index contributed by atoms with van der Waals surface area (Å²) in [5.74, 6) is 0.804. The molecule has 0 aliphatic rings. The van der Waals surface area contributed by atoms with Gasteiger partial charge in [-0.15, -0.1) is 0 Å². The first-order chi connectivity index (χ1) is 8.20. The van der Waals surface area contributed by atoms with Gasteiger partial charge >= 0.3 is 0 Å². The van der Waals surface area contributed by atoms with Gasteiger partial charge in [-0.1, -0.05) is 34.1 Å². The van der Waals surface area contributed by atoms with Crippen molar-refractivity contribution in [2.45, 2.75) is 13.3 Å².